The van der Waals surface area contributed by atoms with Crippen LogP contribution in [0, 0.1) is 11.8 Å². The van der Waals surface area contributed by atoms with Crippen molar-refractivity contribution in [3.8, 4) is 5.75 Å². The first-order valence-corrected chi connectivity index (χ1v) is 14.8. The van der Waals surface area contributed by atoms with Crippen LogP contribution in [0.5, 0.6) is 5.75 Å². The van der Waals surface area contributed by atoms with Crippen LogP contribution in [0.15, 0.2) is 52.5 Å². The number of halogens is 8. The number of rotatable bonds is 6. The molecule has 2 aliphatic carbocycles. The predicted octanol–water partition coefficient (Wildman–Crippen LogP) is 7.08. The van der Waals surface area contributed by atoms with E-state index in [1.807, 2.05) is 0 Å². The molecule has 0 spiro atoms. The van der Waals surface area contributed by atoms with E-state index in [0.29, 0.717) is 15.8 Å². The second-order valence-electron chi connectivity index (χ2n) is 9.61. The first-order valence-electron chi connectivity index (χ1n) is 11.7. The molecule has 5 rings (SSSR count). The summed E-state index contributed by atoms with van der Waals surface area (Å²) in [5.41, 5.74) is 0.0130. The van der Waals surface area contributed by atoms with E-state index in [1.165, 1.54) is 44.4 Å². The number of alkyl halides is 4. The molecule has 15 heteroatoms. The third kappa shape index (κ3) is 4.00. The van der Waals surface area contributed by atoms with Gasteiger partial charge in [0, 0.05) is 10.6 Å². The minimum absolute atomic E-state index is 0.0909. The molecule has 2 aromatic carbocycles. The first kappa shape index (κ1) is 31.0. The summed E-state index contributed by atoms with van der Waals surface area (Å²) in [4.78, 5) is 51.7. The van der Waals surface area contributed by atoms with Crippen molar-refractivity contribution in [1.82, 2.24) is 10.0 Å². The molecule has 1 heterocycles. The summed E-state index contributed by atoms with van der Waals surface area (Å²) in [6.07, 6.45) is 0. The lowest BCUT2D eigenvalue weighted by Crippen LogP contribution is -2.59. The lowest BCUT2D eigenvalue weighted by molar-refractivity contribution is -0.157. The molecule has 216 valence electrons. The number of hydrogen-bond donors (Lipinski definition) is 0. The van der Waals surface area contributed by atoms with Gasteiger partial charge in [0.1, 0.15) is 21.5 Å². The standard InChI is InChI=1S/C26H16Cl8N2O5/c1-10(18(37)11-3-6-13(41-2)7-4-11)35(21(38)14-8-5-12(27)9-15(14)28)36-22(39)16-17(23(36)40)25(32)20(30)19(29)24(16,31)26(25,33)34/h3-10,16-17H,1-2H3/t10-,16-,17+,24-,25-/m1/s1. The summed E-state index contributed by atoms with van der Waals surface area (Å²) in [7, 11) is 1.46. The molecular weight excluding hydrogens is 704 g/mol. The van der Waals surface area contributed by atoms with Gasteiger partial charge in [0.25, 0.3) is 17.7 Å². The van der Waals surface area contributed by atoms with Gasteiger partial charge in [-0.2, -0.15) is 5.01 Å². The number of hydrazine groups is 1. The van der Waals surface area contributed by atoms with Crippen LogP contribution >= 0.6 is 92.8 Å². The van der Waals surface area contributed by atoms with Gasteiger partial charge in [-0.25, -0.2) is 5.01 Å². The van der Waals surface area contributed by atoms with Crippen LogP contribution in [-0.2, 0) is 9.59 Å². The second-order valence-corrected chi connectivity index (χ2v) is 13.7. The molecular formula is C26H16Cl8N2O5. The molecule has 0 N–H and O–H groups in total. The largest absolute Gasteiger partial charge is 0.497 e. The molecule has 2 fully saturated rings. The molecule has 41 heavy (non-hydrogen) atoms. The average Bonchev–Trinajstić information content (AvgIpc) is 3.31. The van der Waals surface area contributed by atoms with Crippen LogP contribution in [0.4, 0.5) is 0 Å². The highest BCUT2D eigenvalue weighted by Gasteiger charge is 2.88. The summed E-state index contributed by atoms with van der Waals surface area (Å²) >= 11 is 51.9. The van der Waals surface area contributed by atoms with Gasteiger partial charge in [-0.05, 0) is 49.4 Å². The number of ether oxygens (including phenoxy) is 1. The number of ketones is 1. The van der Waals surface area contributed by atoms with Crippen LogP contribution in [0.2, 0.25) is 10.0 Å². The molecule has 1 saturated heterocycles. The summed E-state index contributed by atoms with van der Waals surface area (Å²) in [5, 5.41) is 0.760. The maximum absolute atomic E-state index is 14.1. The SMILES string of the molecule is COc1ccc(C(=O)[C@@H](C)N(C(=O)c2ccc(Cl)cc2Cl)N2C(=O)[C@@H]3[C@H](C2=O)[C@@]2(Cl)C(Cl)=C(Cl)[C@@]3(Cl)C2(Cl)Cl)cc1. The van der Waals surface area contributed by atoms with Crippen LogP contribution in [0.25, 0.3) is 0 Å². The Hall–Kier alpha value is -1.42. The Kier molecular flexibility index (Phi) is 7.82. The minimum atomic E-state index is -2.18. The zero-order chi connectivity index (χ0) is 30.4. The van der Waals surface area contributed by atoms with Gasteiger partial charge in [-0.3, -0.25) is 19.2 Å². The van der Waals surface area contributed by atoms with Crippen molar-refractivity contribution < 1.29 is 23.9 Å². The fraction of sp³-hybridized carbons (Fsp3) is 0.308. The Balaban J connectivity index is 1.64. The number of carbonyl (C=O) groups excluding carboxylic acids is 4. The van der Waals surface area contributed by atoms with Crippen LogP contribution in [0.3, 0.4) is 0 Å². The number of imide groups is 1. The number of fused-ring (bicyclic) bond motifs is 5. The fourth-order valence-corrected chi connectivity index (χ4v) is 8.94. The van der Waals surface area contributed by atoms with E-state index in [-0.39, 0.29) is 31.2 Å². The van der Waals surface area contributed by atoms with Gasteiger partial charge < -0.3 is 4.74 Å². The smallest absolute Gasteiger partial charge is 0.275 e. The molecule has 0 radical (unpaired) electrons. The van der Waals surface area contributed by atoms with E-state index >= 15 is 0 Å². The summed E-state index contributed by atoms with van der Waals surface area (Å²) < 4.78 is 2.96. The fourth-order valence-electron chi connectivity index (χ4n) is 5.53. The van der Waals surface area contributed by atoms with Gasteiger partial charge in [-0.15, -0.1) is 23.2 Å². The van der Waals surface area contributed by atoms with E-state index in [9.17, 15) is 19.2 Å². The van der Waals surface area contributed by atoms with E-state index in [2.05, 4.69) is 0 Å². The van der Waals surface area contributed by atoms with Gasteiger partial charge in [0.15, 0.2) is 10.1 Å². The van der Waals surface area contributed by atoms with Crippen molar-refractivity contribution in [2.75, 3.05) is 7.11 Å². The Bertz CT molecular complexity index is 1520. The van der Waals surface area contributed by atoms with Gasteiger partial charge >= 0.3 is 0 Å². The Labute approximate surface area is 274 Å². The topological polar surface area (TPSA) is 84.0 Å². The van der Waals surface area contributed by atoms with Gasteiger partial charge in [0.2, 0.25) is 0 Å². The minimum Gasteiger partial charge on any atom is -0.497 e. The number of amides is 3. The van der Waals surface area contributed by atoms with Crippen LogP contribution in [0.1, 0.15) is 27.6 Å². The molecule has 3 aliphatic rings. The normalized spacial score (nSPS) is 28.7. The Morgan fingerprint density at radius 2 is 1.39 bits per heavy atom. The highest BCUT2D eigenvalue weighted by molar-refractivity contribution is 6.66. The third-order valence-corrected chi connectivity index (χ3v) is 12.4. The molecule has 2 bridgehead atoms. The molecule has 0 aromatic heterocycles. The average molecular weight is 720 g/mol. The van der Waals surface area contributed by atoms with E-state index in [4.69, 9.17) is 97.5 Å². The molecule has 0 unspecified atom stereocenters. The highest BCUT2D eigenvalue weighted by Crippen LogP contribution is 2.77. The maximum atomic E-state index is 14.1. The lowest BCUT2D eigenvalue weighted by Gasteiger charge is -2.38. The lowest BCUT2D eigenvalue weighted by atomic mass is 9.84. The van der Waals surface area contributed by atoms with Crippen molar-refractivity contribution in [3.63, 3.8) is 0 Å². The van der Waals surface area contributed by atoms with E-state index in [1.54, 1.807) is 12.1 Å². The summed E-state index contributed by atoms with van der Waals surface area (Å²) in [6, 6.07) is 8.58. The molecule has 2 aromatic rings. The van der Waals surface area contributed by atoms with E-state index in [0.717, 1.165) is 0 Å². The van der Waals surface area contributed by atoms with Crippen molar-refractivity contribution in [2.24, 2.45) is 11.8 Å². The molecule has 3 amide bonds. The van der Waals surface area contributed by atoms with Crippen LogP contribution in [-0.4, -0.2) is 60.8 Å². The molecule has 7 nitrogen and oxygen atoms in total. The quantitative estimate of drug-likeness (QED) is 0.181. The van der Waals surface area contributed by atoms with Crippen molar-refractivity contribution in [1.29, 1.82) is 0 Å². The van der Waals surface area contributed by atoms with Gasteiger partial charge in [-0.1, -0.05) is 69.6 Å². The van der Waals surface area contributed by atoms with Crippen molar-refractivity contribution in [3.05, 3.63) is 73.7 Å². The number of nitrogens with zero attached hydrogens (tertiary/aromatic N) is 2. The van der Waals surface area contributed by atoms with Gasteiger partial charge in [0.05, 0.1) is 39.6 Å². The van der Waals surface area contributed by atoms with E-state index < -0.39 is 55.5 Å². The number of allylic oxidation sites excluding steroid dienone is 2. The second kappa shape index (κ2) is 10.3. The number of hydrogen-bond acceptors (Lipinski definition) is 5. The molecule has 5 atom stereocenters. The molecule has 1 saturated carbocycles. The van der Waals surface area contributed by atoms with Crippen molar-refractivity contribution >= 4 is 116 Å². The first-order chi connectivity index (χ1) is 19.1. The predicted molar refractivity (Wildman–Crippen MR) is 159 cm³/mol. The summed E-state index contributed by atoms with van der Waals surface area (Å²) in [5.74, 6) is -6.19. The van der Waals surface area contributed by atoms with Crippen LogP contribution < -0.4 is 4.74 Å². The monoisotopic (exact) mass is 716 g/mol. The zero-order valence-corrected chi connectivity index (χ0v) is 26.8. The Morgan fingerprint density at radius 3 is 1.85 bits per heavy atom. The zero-order valence-electron chi connectivity index (χ0n) is 20.7. The number of benzene rings is 2. The Morgan fingerprint density at radius 1 is 0.878 bits per heavy atom. The third-order valence-electron chi connectivity index (χ3n) is 7.59. The number of Topliss-reactive ketones (excluding diaryl/α,β-unsaturated/α-hetero) is 1. The maximum Gasteiger partial charge on any atom is 0.275 e. The number of carbonyl (C=O) groups is 4. The van der Waals surface area contributed by atoms with Crippen molar-refractivity contribution in [2.45, 2.75) is 27.0 Å². The number of methoxy groups -OCH3 is 1. The highest BCUT2D eigenvalue weighted by atomic mass is 35.5. The summed E-state index contributed by atoms with van der Waals surface area (Å²) in [6.45, 7) is 1.34. The molecule has 1 aliphatic heterocycles.